The van der Waals surface area contributed by atoms with Gasteiger partial charge in [-0.15, -0.1) is 0 Å². The number of anilines is 1. The van der Waals surface area contributed by atoms with Gasteiger partial charge in [-0.25, -0.2) is 9.97 Å². The fraction of sp³-hybridized carbons (Fsp3) is 0.160. The maximum absolute atomic E-state index is 10.4. The Kier molecular flexibility index (Phi) is 6.62. The maximum atomic E-state index is 10.4. The Hall–Kier alpha value is -3.61. The van der Waals surface area contributed by atoms with Gasteiger partial charge in [0, 0.05) is 42.8 Å². The molecule has 31 heavy (non-hydrogen) atoms. The van der Waals surface area contributed by atoms with Crippen molar-refractivity contribution in [2.24, 2.45) is 5.73 Å². The topological polar surface area (TPSA) is 97.0 Å². The van der Waals surface area contributed by atoms with Crippen molar-refractivity contribution in [1.29, 1.82) is 0 Å². The van der Waals surface area contributed by atoms with Crippen LogP contribution in [0.2, 0.25) is 0 Å². The lowest BCUT2D eigenvalue weighted by molar-refractivity contribution is 0.171. The first-order chi connectivity index (χ1) is 15.2. The minimum Gasteiger partial charge on any atom is -0.388 e. The second kappa shape index (κ2) is 9.93. The van der Waals surface area contributed by atoms with Gasteiger partial charge < -0.3 is 16.2 Å². The SMILES string of the molecule is NCc1cccc(-c2cnc(NCCC(O)c3ccccc3)nc2-c2ccncc2)c1. The minimum atomic E-state index is -0.536. The van der Waals surface area contributed by atoms with E-state index in [0.717, 1.165) is 33.5 Å². The number of benzene rings is 2. The lowest BCUT2D eigenvalue weighted by Crippen LogP contribution is -2.10. The van der Waals surface area contributed by atoms with Gasteiger partial charge in [-0.3, -0.25) is 4.98 Å². The summed E-state index contributed by atoms with van der Waals surface area (Å²) in [6.45, 7) is 1.02. The van der Waals surface area contributed by atoms with E-state index in [2.05, 4.69) is 21.4 Å². The van der Waals surface area contributed by atoms with Crippen molar-refractivity contribution in [1.82, 2.24) is 15.0 Å². The van der Waals surface area contributed by atoms with E-state index in [1.54, 1.807) is 12.4 Å². The van der Waals surface area contributed by atoms with Crippen LogP contribution in [0.15, 0.2) is 85.3 Å². The van der Waals surface area contributed by atoms with Gasteiger partial charge in [-0.1, -0.05) is 48.5 Å². The number of rotatable bonds is 8. The number of hydrogen-bond acceptors (Lipinski definition) is 6. The molecule has 6 nitrogen and oxygen atoms in total. The number of nitrogens with one attached hydrogen (secondary N) is 1. The zero-order valence-electron chi connectivity index (χ0n) is 17.1. The van der Waals surface area contributed by atoms with E-state index < -0.39 is 6.10 Å². The van der Waals surface area contributed by atoms with E-state index in [1.807, 2.05) is 66.9 Å². The second-order valence-corrected chi connectivity index (χ2v) is 7.24. The van der Waals surface area contributed by atoms with E-state index in [0.29, 0.717) is 25.5 Å². The highest BCUT2D eigenvalue weighted by Gasteiger charge is 2.13. The van der Waals surface area contributed by atoms with Crippen LogP contribution in [0.3, 0.4) is 0 Å². The van der Waals surface area contributed by atoms with Crippen LogP contribution >= 0.6 is 0 Å². The van der Waals surface area contributed by atoms with Gasteiger partial charge in [-0.2, -0.15) is 0 Å². The molecule has 2 aromatic heterocycles. The molecule has 0 aliphatic heterocycles. The van der Waals surface area contributed by atoms with Crippen molar-refractivity contribution in [2.75, 3.05) is 11.9 Å². The van der Waals surface area contributed by atoms with Gasteiger partial charge in [0.15, 0.2) is 0 Å². The summed E-state index contributed by atoms with van der Waals surface area (Å²) in [6, 6.07) is 21.6. The molecular weight excluding hydrogens is 386 g/mol. The van der Waals surface area contributed by atoms with Gasteiger partial charge in [-0.05, 0) is 41.3 Å². The summed E-state index contributed by atoms with van der Waals surface area (Å²) < 4.78 is 0. The number of aliphatic hydroxyl groups excluding tert-OH is 1. The van der Waals surface area contributed by atoms with Gasteiger partial charge in [0.25, 0.3) is 0 Å². The quantitative estimate of drug-likeness (QED) is 0.402. The molecular formula is C25H25N5O. The highest BCUT2D eigenvalue weighted by Crippen LogP contribution is 2.31. The Morgan fingerprint density at radius 1 is 0.935 bits per heavy atom. The number of aromatic nitrogens is 3. The molecule has 1 unspecified atom stereocenters. The standard InChI is InChI=1S/C25H25N5O/c26-16-18-5-4-8-21(15-18)22-17-29-25(30-24(22)20-9-12-27-13-10-20)28-14-11-23(31)19-6-2-1-3-7-19/h1-10,12-13,15,17,23,31H,11,14,16,26H2,(H,28,29,30). The summed E-state index contributed by atoms with van der Waals surface area (Å²) in [4.78, 5) is 13.4. The largest absolute Gasteiger partial charge is 0.388 e. The summed E-state index contributed by atoms with van der Waals surface area (Å²) in [6.07, 6.45) is 5.35. The third-order valence-electron chi connectivity index (χ3n) is 5.10. The lowest BCUT2D eigenvalue weighted by atomic mass is 10.00. The summed E-state index contributed by atoms with van der Waals surface area (Å²) >= 11 is 0. The second-order valence-electron chi connectivity index (χ2n) is 7.24. The fourth-order valence-electron chi connectivity index (χ4n) is 3.44. The highest BCUT2D eigenvalue weighted by atomic mass is 16.3. The zero-order chi connectivity index (χ0) is 21.5. The number of pyridine rings is 1. The van der Waals surface area contributed by atoms with E-state index >= 15 is 0 Å². The van der Waals surface area contributed by atoms with Crippen molar-refractivity contribution >= 4 is 5.95 Å². The summed E-state index contributed by atoms with van der Waals surface area (Å²) in [7, 11) is 0. The van der Waals surface area contributed by atoms with Gasteiger partial charge in [0.1, 0.15) is 0 Å². The van der Waals surface area contributed by atoms with E-state index in [9.17, 15) is 5.11 Å². The van der Waals surface area contributed by atoms with Crippen molar-refractivity contribution in [2.45, 2.75) is 19.1 Å². The average molecular weight is 412 g/mol. The van der Waals surface area contributed by atoms with Crippen molar-refractivity contribution < 1.29 is 5.11 Å². The molecule has 0 spiro atoms. The molecule has 2 heterocycles. The minimum absolute atomic E-state index is 0.475. The van der Waals surface area contributed by atoms with Crippen LogP contribution in [-0.2, 0) is 6.54 Å². The monoisotopic (exact) mass is 411 g/mol. The molecule has 0 aliphatic rings. The van der Waals surface area contributed by atoms with Gasteiger partial charge in [0.2, 0.25) is 5.95 Å². The third-order valence-corrected chi connectivity index (χ3v) is 5.10. The summed E-state index contributed by atoms with van der Waals surface area (Å²) in [5, 5.41) is 13.6. The molecule has 0 fully saturated rings. The molecule has 2 aromatic carbocycles. The summed E-state index contributed by atoms with van der Waals surface area (Å²) in [5.74, 6) is 0.519. The highest BCUT2D eigenvalue weighted by molar-refractivity contribution is 5.80. The predicted molar refractivity (Wildman–Crippen MR) is 123 cm³/mol. The first-order valence-corrected chi connectivity index (χ1v) is 10.3. The molecule has 4 aromatic rings. The van der Waals surface area contributed by atoms with Crippen LogP contribution in [0, 0.1) is 0 Å². The maximum Gasteiger partial charge on any atom is 0.223 e. The third kappa shape index (κ3) is 5.12. The first kappa shape index (κ1) is 20.7. The zero-order valence-corrected chi connectivity index (χ0v) is 17.1. The van der Waals surface area contributed by atoms with Crippen LogP contribution in [-0.4, -0.2) is 26.6 Å². The van der Waals surface area contributed by atoms with E-state index in [1.165, 1.54) is 0 Å². The Morgan fingerprint density at radius 2 is 1.74 bits per heavy atom. The average Bonchev–Trinajstić information content (AvgIpc) is 2.85. The number of aliphatic hydroxyl groups is 1. The molecule has 4 rings (SSSR count). The van der Waals surface area contributed by atoms with Crippen LogP contribution in [0.5, 0.6) is 0 Å². The Labute approximate surface area is 181 Å². The fourth-order valence-corrected chi connectivity index (χ4v) is 3.44. The van der Waals surface area contributed by atoms with Crippen LogP contribution in [0.4, 0.5) is 5.95 Å². The molecule has 6 heteroatoms. The predicted octanol–water partition coefficient (Wildman–Crippen LogP) is 4.20. The molecule has 0 radical (unpaired) electrons. The van der Waals surface area contributed by atoms with Crippen molar-refractivity contribution in [3.63, 3.8) is 0 Å². The van der Waals surface area contributed by atoms with Gasteiger partial charge >= 0.3 is 0 Å². The molecule has 0 saturated heterocycles. The normalized spacial score (nSPS) is 11.8. The van der Waals surface area contributed by atoms with Crippen LogP contribution in [0.25, 0.3) is 22.4 Å². The van der Waals surface area contributed by atoms with Crippen molar-refractivity contribution in [3.8, 4) is 22.4 Å². The summed E-state index contributed by atoms with van der Waals surface area (Å²) in [5.41, 5.74) is 11.5. The van der Waals surface area contributed by atoms with Crippen LogP contribution in [0.1, 0.15) is 23.7 Å². The first-order valence-electron chi connectivity index (χ1n) is 10.3. The van der Waals surface area contributed by atoms with Crippen LogP contribution < -0.4 is 11.1 Å². The molecule has 1 atom stereocenters. The van der Waals surface area contributed by atoms with Gasteiger partial charge in [0.05, 0.1) is 11.8 Å². The molecule has 0 aliphatic carbocycles. The molecule has 4 N–H and O–H groups in total. The van der Waals surface area contributed by atoms with E-state index in [-0.39, 0.29) is 0 Å². The number of nitrogens with two attached hydrogens (primary N) is 1. The smallest absolute Gasteiger partial charge is 0.223 e. The Morgan fingerprint density at radius 3 is 2.52 bits per heavy atom. The Bertz CT molecular complexity index is 1120. The molecule has 0 amide bonds. The Balaban J connectivity index is 1.57. The molecule has 0 bridgehead atoms. The van der Waals surface area contributed by atoms with E-state index in [4.69, 9.17) is 10.7 Å². The lowest BCUT2D eigenvalue weighted by Gasteiger charge is -2.14. The number of nitrogens with zero attached hydrogens (tertiary/aromatic N) is 3. The number of hydrogen-bond donors (Lipinski definition) is 3. The molecule has 156 valence electrons. The molecule has 0 saturated carbocycles. The van der Waals surface area contributed by atoms with Crippen molar-refractivity contribution in [3.05, 3.63) is 96.4 Å².